The van der Waals surface area contributed by atoms with E-state index in [-0.39, 0.29) is 0 Å². The Hall–Kier alpha value is -0.860. The van der Waals surface area contributed by atoms with Crippen molar-refractivity contribution in [2.45, 2.75) is 27.3 Å². The number of hydrogen-bond donors (Lipinski definition) is 1. The molecule has 0 atom stereocenters. The Balaban J connectivity index is 2.60. The van der Waals surface area contributed by atoms with Crippen molar-refractivity contribution in [3.8, 4) is 0 Å². The van der Waals surface area contributed by atoms with Gasteiger partial charge in [-0.05, 0) is 18.4 Å². The van der Waals surface area contributed by atoms with Gasteiger partial charge in [0, 0.05) is 26.2 Å². The van der Waals surface area contributed by atoms with Crippen molar-refractivity contribution in [1.82, 2.24) is 4.90 Å². The van der Waals surface area contributed by atoms with Gasteiger partial charge in [-0.2, -0.15) is 0 Å². The molecule has 0 amide bonds. The molecule has 1 aromatic rings. The third-order valence-electron chi connectivity index (χ3n) is 2.56. The molecule has 0 unspecified atom stereocenters. The summed E-state index contributed by atoms with van der Waals surface area (Å²) in [4.78, 5) is 2.43. The van der Waals surface area contributed by atoms with Gasteiger partial charge in [0.2, 0.25) is 0 Å². The highest BCUT2D eigenvalue weighted by atomic mass is 15.1. The molecule has 0 aliphatic carbocycles. The lowest BCUT2D eigenvalue weighted by Gasteiger charge is -2.23. The Morgan fingerprint density at radius 2 is 2.06 bits per heavy atom. The van der Waals surface area contributed by atoms with E-state index >= 15 is 0 Å². The molecular formula is C14H24N2. The number of nitrogens with two attached hydrogens (primary N) is 1. The fourth-order valence-corrected chi connectivity index (χ4v) is 2.00. The van der Waals surface area contributed by atoms with Crippen LogP contribution < -0.4 is 5.73 Å². The molecule has 0 heterocycles. The largest absolute Gasteiger partial charge is 0.329 e. The first-order valence-electron chi connectivity index (χ1n) is 6.09. The molecule has 0 aliphatic heterocycles. The average Bonchev–Trinajstić information content (AvgIpc) is 2.16. The van der Waals surface area contributed by atoms with E-state index in [1.807, 2.05) is 0 Å². The van der Waals surface area contributed by atoms with Gasteiger partial charge in [-0.3, -0.25) is 4.90 Å². The highest BCUT2D eigenvalue weighted by Crippen LogP contribution is 2.09. The smallest absolute Gasteiger partial charge is 0.0234 e. The SMILES string of the molecule is Cc1cccc(CN(CCN)CC(C)C)c1. The number of hydrogen-bond acceptors (Lipinski definition) is 2. The van der Waals surface area contributed by atoms with Gasteiger partial charge in [0.15, 0.2) is 0 Å². The Kier molecular flexibility index (Phi) is 5.50. The maximum Gasteiger partial charge on any atom is 0.0234 e. The fourth-order valence-electron chi connectivity index (χ4n) is 2.00. The summed E-state index contributed by atoms with van der Waals surface area (Å²) in [7, 11) is 0. The fraction of sp³-hybridized carbons (Fsp3) is 0.571. The molecule has 1 rings (SSSR count). The molecule has 2 heteroatoms. The van der Waals surface area contributed by atoms with Crippen LogP contribution in [0.2, 0.25) is 0 Å². The van der Waals surface area contributed by atoms with Crippen LogP contribution in [0.5, 0.6) is 0 Å². The van der Waals surface area contributed by atoms with Crippen LogP contribution >= 0.6 is 0 Å². The third-order valence-corrected chi connectivity index (χ3v) is 2.56. The molecule has 0 radical (unpaired) electrons. The predicted molar refractivity (Wildman–Crippen MR) is 70.3 cm³/mol. The second-order valence-corrected chi connectivity index (χ2v) is 4.91. The van der Waals surface area contributed by atoms with Crippen LogP contribution in [-0.2, 0) is 6.54 Å². The normalized spacial score (nSPS) is 11.4. The van der Waals surface area contributed by atoms with Crippen molar-refractivity contribution in [2.75, 3.05) is 19.6 Å². The minimum atomic E-state index is 0.691. The van der Waals surface area contributed by atoms with E-state index in [1.165, 1.54) is 11.1 Å². The van der Waals surface area contributed by atoms with Gasteiger partial charge in [-0.15, -0.1) is 0 Å². The second kappa shape index (κ2) is 6.66. The molecule has 1 aromatic carbocycles. The Morgan fingerprint density at radius 3 is 2.62 bits per heavy atom. The third kappa shape index (κ3) is 4.77. The summed E-state index contributed by atoms with van der Waals surface area (Å²) < 4.78 is 0. The molecule has 0 fully saturated rings. The summed E-state index contributed by atoms with van der Waals surface area (Å²) >= 11 is 0. The van der Waals surface area contributed by atoms with Crippen LogP contribution in [-0.4, -0.2) is 24.5 Å². The van der Waals surface area contributed by atoms with Crippen LogP contribution in [0.4, 0.5) is 0 Å². The maximum absolute atomic E-state index is 5.65. The van der Waals surface area contributed by atoms with Crippen molar-refractivity contribution < 1.29 is 0 Å². The van der Waals surface area contributed by atoms with Crippen LogP contribution in [0.3, 0.4) is 0 Å². The summed E-state index contributed by atoms with van der Waals surface area (Å²) in [5.41, 5.74) is 8.36. The molecule has 0 aliphatic rings. The molecule has 0 saturated heterocycles. The Morgan fingerprint density at radius 1 is 1.31 bits per heavy atom. The zero-order chi connectivity index (χ0) is 12.0. The monoisotopic (exact) mass is 220 g/mol. The molecule has 0 bridgehead atoms. The van der Waals surface area contributed by atoms with Crippen LogP contribution in [0.15, 0.2) is 24.3 Å². The highest BCUT2D eigenvalue weighted by molar-refractivity contribution is 5.22. The van der Waals surface area contributed by atoms with Crippen molar-refractivity contribution in [3.05, 3.63) is 35.4 Å². The van der Waals surface area contributed by atoms with Gasteiger partial charge in [0.25, 0.3) is 0 Å². The average molecular weight is 220 g/mol. The number of aryl methyl sites for hydroxylation is 1. The summed E-state index contributed by atoms with van der Waals surface area (Å²) in [5.74, 6) is 0.691. The second-order valence-electron chi connectivity index (χ2n) is 4.91. The van der Waals surface area contributed by atoms with Gasteiger partial charge >= 0.3 is 0 Å². The highest BCUT2D eigenvalue weighted by Gasteiger charge is 2.07. The summed E-state index contributed by atoms with van der Waals surface area (Å²) in [5, 5.41) is 0. The lowest BCUT2D eigenvalue weighted by Crippen LogP contribution is -2.32. The maximum atomic E-state index is 5.65. The quantitative estimate of drug-likeness (QED) is 0.797. The minimum Gasteiger partial charge on any atom is -0.329 e. The van der Waals surface area contributed by atoms with Gasteiger partial charge < -0.3 is 5.73 Å². The first-order chi connectivity index (χ1) is 7.61. The van der Waals surface area contributed by atoms with Crippen molar-refractivity contribution in [1.29, 1.82) is 0 Å². The molecule has 0 spiro atoms. The molecule has 2 nitrogen and oxygen atoms in total. The molecule has 0 aromatic heterocycles. The zero-order valence-corrected chi connectivity index (χ0v) is 10.7. The summed E-state index contributed by atoms with van der Waals surface area (Å²) in [6, 6.07) is 8.71. The first kappa shape index (κ1) is 13.2. The van der Waals surface area contributed by atoms with Gasteiger partial charge in [-0.1, -0.05) is 43.7 Å². The van der Waals surface area contributed by atoms with Crippen LogP contribution in [0, 0.1) is 12.8 Å². The van der Waals surface area contributed by atoms with E-state index in [9.17, 15) is 0 Å². The number of rotatable bonds is 6. The van der Waals surface area contributed by atoms with E-state index in [4.69, 9.17) is 5.73 Å². The molecular weight excluding hydrogens is 196 g/mol. The van der Waals surface area contributed by atoms with Crippen molar-refractivity contribution in [3.63, 3.8) is 0 Å². The molecule has 16 heavy (non-hydrogen) atoms. The minimum absolute atomic E-state index is 0.691. The van der Waals surface area contributed by atoms with E-state index in [2.05, 4.69) is 49.9 Å². The van der Waals surface area contributed by atoms with Crippen molar-refractivity contribution in [2.24, 2.45) is 11.7 Å². The first-order valence-corrected chi connectivity index (χ1v) is 6.09. The van der Waals surface area contributed by atoms with Gasteiger partial charge in [-0.25, -0.2) is 0 Å². The van der Waals surface area contributed by atoms with Crippen LogP contribution in [0.1, 0.15) is 25.0 Å². The predicted octanol–water partition coefficient (Wildman–Crippen LogP) is 2.41. The summed E-state index contributed by atoms with van der Waals surface area (Å²) in [6.45, 7) is 10.5. The summed E-state index contributed by atoms with van der Waals surface area (Å²) in [6.07, 6.45) is 0. The van der Waals surface area contributed by atoms with E-state index in [0.29, 0.717) is 5.92 Å². The molecule has 2 N–H and O–H groups in total. The Labute approximate surface area is 99.5 Å². The van der Waals surface area contributed by atoms with Gasteiger partial charge in [0.05, 0.1) is 0 Å². The molecule has 0 saturated carbocycles. The lowest BCUT2D eigenvalue weighted by molar-refractivity contribution is 0.242. The number of benzene rings is 1. The van der Waals surface area contributed by atoms with Crippen LogP contribution in [0.25, 0.3) is 0 Å². The number of nitrogens with zero attached hydrogens (tertiary/aromatic N) is 1. The van der Waals surface area contributed by atoms with E-state index in [1.54, 1.807) is 0 Å². The van der Waals surface area contributed by atoms with E-state index in [0.717, 1.165) is 26.2 Å². The topological polar surface area (TPSA) is 29.3 Å². The van der Waals surface area contributed by atoms with E-state index < -0.39 is 0 Å². The Bertz CT molecular complexity index is 307. The zero-order valence-electron chi connectivity index (χ0n) is 10.7. The van der Waals surface area contributed by atoms with Gasteiger partial charge in [0.1, 0.15) is 0 Å². The van der Waals surface area contributed by atoms with Crippen molar-refractivity contribution >= 4 is 0 Å². The standard InChI is InChI=1S/C14H24N2/c1-12(2)10-16(8-7-15)11-14-6-4-5-13(3)9-14/h4-6,9,12H,7-8,10-11,15H2,1-3H3. The molecule has 90 valence electrons. The lowest BCUT2D eigenvalue weighted by atomic mass is 10.1.